The molecule has 0 aromatic carbocycles. The molecule has 0 aliphatic carbocycles. The maximum atomic E-state index is 11.6. The van der Waals surface area contributed by atoms with Gasteiger partial charge in [-0.1, -0.05) is 0 Å². The molecule has 1 aromatic heterocycles. The SMILES string of the molecule is COCCCNC(=O)c1cc(C)[nH]c(=O)c1. The van der Waals surface area contributed by atoms with Gasteiger partial charge in [0.25, 0.3) is 5.91 Å². The number of carbonyl (C=O) groups excluding carboxylic acids is 1. The molecule has 5 nitrogen and oxygen atoms in total. The number of aryl methyl sites for hydroxylation is 1. The lowest BCUT2D eigenvalue weighted by molar-refractivity contribution is 0.0948. The molecule has 0 spiro atoms. The first-order valence-corrected chi connectivity index (χ1v) is 5.11. The van der Waals surface area contributed by atoms with E-state index in [9.17, 15) is 9.59 Å². The minimum atomic E-state index is -0.262. The molecule has 0 fully saturated rings. The molecular weight excluding hydrogens is 208 g/mol. The molecule has 2 N–H and O–H groups in total. The first-order chi connectivity index (χ1) is 7.63. The zero-order valence-corrected chi connectivity index (χ0v) is 9.50. The number of aromatic nitrogens is 1. The average Bonchev–Trinajstić information content (AvgIpc) is 2.22. The lowest BCUT2D eigenvalue weighted by atomic mass is 10.2. The van der Waals surface area contributed by atoms with Crippen LogP contribution in [0.5, 0.6) is 0 Å². The monoisotopic (exact) mass is 224 g/mol. The Labute approximate surface area is 93.8 Å². The van der Waals surface area contributed by atoms with Crippen molar-refractivity contribution in [1.29, 1.82) is 0 Å². The molecule has 5 heteroatoms. The van der Waals surface area contributed by atoms with E-state index in [-0.39, 0.29) is 11.5 Å². The summed E-state index contributed by atoms with van der Waals surface area (Å²) in [6.45, 7) is 2.89. The van der Waals surface area contributed by atoms with Gasteiger partial charge in [0.1, 0.15) is 0 Å². The summed E-state index contributed by atoms with van der Waals surface area (Å²) in [6, 6.07) is 2.94. The highest BCUT2D eigenvalue weighted by Crippen LogP contribution is 1.97. The van der Waals surface area contributed by atoms with Gasteiger partial charge in [-0.3, -0.25) is 9.59 Å². The van der Waals surface area contributed by atoms with Crippen molar-refractivity contribution < 1.29 is 9.53 Å². The number of ether oxygens (including phenoxy) is 1. The van der Waals surface area contributed by atoms with Gasteiger partial charge in [-0.15, -0.1) is 0 Å². The van der Waals surface area contributed by atoms with Crippen molar-refractivity contribution in [1.82, 2.24) is 10.3 Å². The van der Waals surface area contributed by atoms with Crippen molar-refractivity contribution in [3.05, 3.63) is 33.7 Å². The maximum absolute atomic E-state index is 11.6. The first-order valence-electron chi connectivity index (χ1n) is 5.11. The van der Waals surface area contributed by atoms with Crippen LogP contribution < -0.4 is 10.9 Å². The van der Waals surface area contributed by atoms with Gasteiger partial charge < -0.3 is 15.0 Å². The second kappa shape index (κ2) is 6.07. The second-order valence-electron chi connectivity index (χ2n) is 3.52. The third-order valence-electron chi connectivity index (χ3n) is 2.05. The second-order valence-corrected chi connectivity index (χ2v) is 3.52. The Morgan fingerprint density at radius 1 is 1.50 bits per heavy atom. The number of amides is 1. The van der Waals surface area contributed by atoms with E-state index in [0.717, 1.165) is 6.42 Å². The molecule has 1 rings (SSSR count). The fourth-order valence-corrected chi connectivity index (χ4v) is 1.33. The molecule has 0 saturated carbocycles. The molecule has 1 aromatic rings. The Morgan fingerprint density at radius 3 is 2.88 bits per heavy atom. The van der Waals surface area contributed by atoms with Gasteiger partial charge >= 0.3 is 0 Å². The highest BCUT2D eigenvalue weighted by molar-refractivity contribution is 5.94. The lowest BCUT2D eigenvalue weighted by Gasteiger charge is -2.04. The fourth-order valence-electron chi connectivity index (χ4n) is 1.33. The van der Waals surface area contributed by atoms with E-state index in [4.69, 9.17) is 4.74 Å². The molecule has 1 heterocycles. The molecule has 0 unspecified atom stereocenters. The molecule has 0 radical (unpaired) electrons. The van der Waals surface area contributed by atoms with E-state index in [1.165, 1.54) is 6.07 Å². The van der Waals surface area contributed by atoms with Crippen LogP contribution in [0.4, 0.5) is 0 Å². The smallest absolute Gasteiger partial charge is 0.251 e. The molecule has 1 amide bonds. The van der Waals surface area contributed by atoms with E-state index in [1.807, 2.05) is 0 Å². The standard InChI is InChI=1S/C11H16N2O3/c1-8-6-9(7-10(14)13-8)11(15)12-4-3-5-16-2/h6-7H,3-5H2,1-2H3,(H,12,15)(H,13,14). The van der Waals surface area contributed by atoms with E-state index in [0.29, 0.717) is 24.4 Å². The quantitative estimate of drug-likeness (QED) is 0.713. The number of hydrogen-bond acceptors (Lipinski definition) is 3. The number of nitrogens with one attached hydrogen (secondary N) is 2. The van der Waals surface area contributed by atoms with Crippen LogP contribution in [-0.2, 0) is 4.74 Å². The topological polar surface area (TPSA) is 71.2 Å². The third-order valence-corrected chi connectivity index (χ3v) is 2.05. The number of pyridine rings is 1. The third kappa shape index (κ3) is 3.86. The van der Waals surface area contributed by atoms with Crippen LogP contribution in [0, 0.1) is 6.92 Å². The summed E-state index contributed by atoms with van der Waals surface area (Å²) in [4.78, 5) is 25.3. The van der Waals surface area contributed by atoms with Crippen LogP contribution in [0.3, 0.4) is 0 Å². The highest BCUT2D eigenvalue weighted by atomic mass is 16.5. The van der Waals surface area contributed by atoms with Crippen LogP contribution in [-0.4, -0.2) is 31.2 Å². The summed E-state index contributed by atoms with van der Waals surface area (Å²) < 4.78 is 4.86. The molecule has 16 heavy (non-hydrogen) atoms. The summed E-state index contributed by atoms with van der Waals surface area (Å²) >= 11 is 0. The zero-order valence-electron chi connectivity index (χ0n) is 9.50. The average molecular weight is 224 g/mol. The van der Waals surface area contributed by atoms with Crippen molar-refractivity contribution in [2.75, 3.05) is 20.3 Å². The van der Waals surface area contributed by atoms with Gasteiger partial charge in [0.2, 0.25) is 5.56 Å². The fraction of sp³-hybridized carbons (Fsp3) is 0.455. The maximum Gasteiger partial charge on any atom is 0.251 e. The van der Waals surface area contributed by atoms with Crippen LogP contribution in [0.2, 0.25) is 0 Å². The van der Waals surface area contributed by atoms with E-state index >= 15 is 0 Å². The van der Waals surface area contributed by atoms with Gasteiger partial charge in [0, 0.05) is 37.6 Å². The van der Waals surface area contributed by atoms with Crippen molar-refractivity contribution in [2.45, 2.75) is 13.3 Å². The van der Waals surface area contributed by atoms with Crippen molar-refractivity contribution in [2.24, 2.45) is 0 Å². The van der Waals surface area contributed by atoms with E-state index < -0.39 is 0 Å². The van der Waals surface area contributed by atoms with Gasteiger partial charge in [-0.2, -0.15) is 0 Å². The number of methoxy groups -OCH3 is 1. The predicted octanol–water partition coefficient (Wildman–Crippen LogP) is 0.450. The Morgan fingerprint density at radius 2 is 2.25 bits per heavy atom. The van der Waals surface area contributed by atoms with E-state index in [2.05, 4.69) is 10.3 Å². The summed E-state index contributed by atoms with van der Waals surface area (Å²) in [5, 5.41) is 2.72. The molecule has 0 saturated heterocycles. The molecule has 0 bridgehead atoms. The van der Waals surface area contributed by atoms with Crippen LogP contribution >= 0.6 is 0 Å². The molecule has 88 valence electrons. The molecule has 0 atom stereocenters. The van der Waals surface area contributed by atoms with Crippen molar-refractivity contribution in [3.63, 3.8) is 0 Å². The zero-order chi connectivity index (χ0) is 12.0. The van der Waals surface area contributed by atoms with Gasteiger partial charge in [-0.05, 0) is 19.4 Å². The minimum absolute atomic E-state index is 0.231. The van der Waals surface area contributed by atoms with Crippen LogP contribution in [0.25, 0.3) is 0 Å². The van der Waals surface area contributed by atoms with Crippen molar-refractivity contribution in [3.8, 4) is 0 Å². The molecular formula is C11H16N2O3. The van der Waals surface area contributed by atoms with E-state index in [1.54, 1.807) is 20.1 Å². The Bertz CT molecular complexity index is 412. The van der Waals surface area contributed by atoms with Gasteiger partial charge in [-0.25, -0.2) is 0 Å². The summed E-state index contributed by atoms with van der Waals surface area (Å²) in [7, 11) is 1.61. The molecule has 0 aliphatic rings. The highest BCUT2D eigenvalue weighted by Gasteiger charge is 2.05. The molecule has 0 aliphatic heterocycles. The summed E-state index contributed by atoms with van der Waals surface area (Å²) in [5.41, 5.74) is 0.801. The summed E-state index contributed by atoms with van der Waals surface area (Å²) in [5.74, 6) is -0.231. The van der Waals surface area contributed by atoms with Gasteiger partial charge in [0.05, 0.1) is 0 Å². The van der Waals surface area contributed by atoms with Crippen molar-refractivity contribution >= 4 is 5.91 Å². The first kappa shape index (κ1) is 12.4. The Kier molecular flexibility index (Phi) is 4.72. The minimum Gasteiger partial charge on any atom is -0.385 e. The number of rotatable bonds is 5. The Balaban J connectivity index is 2.56. The summed E-state index contributed by atoms with van der Waals surface area (Å²) in [6.07, 6.45) is 0.754. The number of aromatic amines is 1. The largest absolute Gasteiger partial charge is 0.385 e. The number of H-pyrrole nitrogens is 1. The van der Waals surface area contributed by atoms with Gasteiger partial charge in [0.15, 0.2) is 0 Å². The predicted molar refractivity (Wildman–Crippen MR) is 60.6 cm³/mol. The number of hydrogen-bond donors (Lipinski definition) is 2. The Hall–Kier alpha value is -1.62. The number of carbonyl (C=O) groups is 1. The van der Waals surface area contributed by atoms with Crippen LogP contribution in [0.15, 0.2) is 16.9 Å². The lowest BCUT2D eigenvalue weighted by Crippen LogP contribution is -2.26. The van der Waals surface area contributed by atoms with Crippen LogP contribution in [0.1, 0.15) is 22.5 Å². The normalized spacial score (nSPS) is 10.1.